The standard InChI is InChI=1S/C25H22O.C21H27N2.2ClH.Ru/c1-16(2)26-25-18(4)15-20-10-6-8-12-22(20)24(25)23-17(3)13-14-19-9-5-7-11-21(19)23;1-14-9-16(3)20(17(4)10-14)22-7-8-23(13-22)21-18(5)11-15(2)12-19(21)6;;;/h4-16H,1-3H3;9-13H,7-8H2,1-6H3;2*1H;/q;-1;;;+2/p-1. The molecule has 0 amide bonds. The van der Waals surface area contributed by atoms with Crippen molar-refractivity contribution in [1.29, 1.82) is 0 Å². The minimum atomic E-state index is -2.01. The summed E-state index contributed by atoms with van der Waals surface area (Å²) in [7, 11) is 12.6. The topological polar surface area (TPSA) is 19.3 Å². The molecule has 1 saturated heterocycles. The van der Waals surface area contributed by atoms with Crippen LogP contribution in [0.4, 0.5) is 11.4 Å². The molecule has 0 aromatic heterocycles. The molecule has 0 bridgehead atoms. The van der Waals surface area contributed by atoms with Crippen LogP contribution in [0.2, 0.25) is 0 Å². The van der Waals surface area contributed by atoms with Gasteiger partial charge in [0.25, 0.3) is 0 Å². The Morgan fingerprint density at radius 1 is 0.615 bits per heavy atom. The van der Waals surface area contributed by atoms with Crippen molar-refractivity contribution in [2.45, 2.75) is 68.4 Å². The van der Waals surface area contributed by atoms with Gasteiger partial charge in [-0.25, -0.2) is 0 Å². The predicted molar refractivity (Wildman–Crippen MR) is 226 cm³/mol. The Balaban J connectivity index is 0.000000183. The molecule has 1 aliphatic rings. The summed E-state index contributed by atoms with van der Waals surface area (Å²) >= 11 is -2.01. The van der Waals surface area contributed by atoms with Crippen LogP contribution in [-0.4, -0.2) is 28.5 Å². The second kappa shape index (κ2) is 16.1. The molecule has 272 valence electrons. The van der Waals surface area contributed by atoms with Crippen LogP contribution in [0, 0.1) is 55.1 Å². The van der Waals surface area contributed by atoms with Crippen LogP contribution >= 0.6 is 19.4 Å². The van der Waals surface area contributed by atoms with E-state index in [4.69, 9.17) is 24.1 Å². The van der Waals surface area contributed by atoms with E-state index in [9.17, 15) is 0 Å². The summed E-state index contributed by atoms with van der Waals surface area (Å²) in [5.74, 6) is 0.984. The SMILES string of the molecule is Cc1cc(C)c(N2[CH-]N(c3c(C)cc(C)cc3C)CC2)c(C)c1.Cc1ccc2ccccc2c1-c1c([OH+]C(C)C)c([CH]=[Ru]([Cl])[Cl])cc2ccccc12. The van der Waals surface area contributed by atoms with E-state index in [0.29, 0.717) is 0 Å². The molecular weight excluding hydrogens is 768 g/mol. The number of aliphatic hydroxyl groups is 1. The van der Waals surface area contributed by atoms with Crippen LogP contribution in [0.1, 0.15) is 58.4 Å². The number of nitrogens with zero attached hydrogens (tertiary/aromatic N) is 2. The number of benzene rings is 6. The van der Waals surface area contributed by atoms with Gasteiger partial charge in [0.15, 0.2) is 0 Å². The summed E-state index contributed by atoms with van der Waals surface area (Å²) in [5.41, 5.74) is 15.5. The third kappa shape index (κ3) is 8.11. The summed E-state index contributed by atoms with van der Waals surface area (Å²) in [6, 6.07) is 32.7. The fourth-order valence-electron chi connectivity index (χ4n) is 7.97. The monoisotopic (exact) mass is 818 g/mol. The molecule has 7 rings (SSSR count). The number of halogens is 2. The van der Waals surface area contributed by atoms with Crippen molar-refractivity contribution in [1.82, 2.24) is 0 Å². The molecule has 0 saturated carbocycles. The maximum absolute atomic E-state index is 6.31. The van der Waals surface area contributed by atoms with E-state index in [1.54, 1.807) is 0 Å². The molecule has 0 unspecified atom stereocenters. The second-order valence-electron chi connectivity index (χ2n) is 14.4. The number of aromatic hydroxyl groups is 1. The van der Waals surface area contributed by atoms with Gasteiger partial charge in [-0.15, -0.1) is 0 Å². The molecule has 0 radical (unpaired) electrons. The molecule has 6 aromatic rings. The van der Waals surface area contributed by atoms with E-state index >= 15 is 0 Å². The van der Waals surface area contributed by atoms with Crippen molar-refractivity contribution in [2.24, 2.45) is 0 Å². The molecule has 3 nitrogen and oxygen atoms in total. The van der Waals surface area contributed by atoms with Gasteiger partial charge in [0.2, 0.25) is 0 Å². The van der Waals surface area contributed by atoms with Crippen molar-refractivity contribution < 1.29 is 18.3 Å². The Bertz CT molecular complexity index is 2200. The first-order valence-electron chi connectivity index (χ1n) is 17.9. The number of hydrogen-bond acceptors (Lipinski definition) is 2. The molecule has 1 aliphatic heterocycles. The van der Waals surface area contributed by atoms with Crippen LogP contribution < -0.4 is 9.80 Å². The van der Waals surface area contributed by atoms with Crippen molar-refractivity contribution >= 4 is 56.9 Å². The van der Waals surface area contributed by atoms with E-state index < -0.39 is 13.5 Å². The molecule has 6 aromatic carbocycles. The van der Waals surface area contributed by atoms with E-state index in [0.717, 1.165) is 24.4 Å². The molecular formula is C46H50Cl2N2ORu. The fraction of sp³-hybridized carbons (Fsp3) is 0.261. The molecule has 52 heavy (non-hydrogen) atoms. The molecule has 1 heterocycles. The van der Waals surface area contributed by atoms with E-state index in [-0.39, 0.29) is 6.10 Å². The maximum atomic E-state index is 6.31. The quantitative estimate of drug-likeness (QED) is 0.0947. The summed E-state index contributed by atoms with van der Waals surface area (Å²) in [6.07, 6.45) is 0.156. The van der Waals surface area contributed by atoms with Gasteiger partial charge in [0, 0.05) is 24.5 Å². The number of ether oxygens (including phenoxy) is 1. The molecule has 0 atom stereocenters. The first kappa shape index (κ1) is 38.1. The predicted octanol–water partition coefficient (Wildman–Crippen LogP) is 12.7. The Morgan fingerprint density at radius 2 is 1.10 bits per heavy atom. The van der Waals surface area contributed by atoms with Crippen LogP contribution in [0.25, 0.3) is 32.7 Å². The average molecular weight is 819 g/mol. The molecule has 0 spiro atoms. The van der Waals surface area contributed by atoms with Crippen LogP contribution in [-0.2, 0) is 13.5 Å². The van der Waals surface area contributed by atoms with Crippen LogP contribution in [0.15, 0.2) is 91.0 Å². The third-order valence-corrected chi connectivity index (χ3v) is 11.6. The first-order chi connectivity index (χ1) is 24.8. The van der Waals surface area contributed by atoms with Crippen molar-refractivity contribution in [2.75, 3.05) is 22.9 Å². The number of anilines is 2. The van der Waals surface area contributed by atoms with Gasteiger partial charge < -0.3 is 9.80 Å². The van der Waals surface area contributed by atoms with Crippen LogP contribution in [0.3, 0.4) is 0 Å². The van der Waals surface area contributed by atoms with Gasteiger partial charge in [0.1, 0.15) is 0 Å². The zero-order valence-corrected chi connectivity index (χ0v) is 35.0. The normalized spacial score (nSPS) is 13.1. The Kier molecular flexibility index (Phi) is 11.8. The zero-order valence-electron chi connectivity index (χ0n) is 31.8. The summed E-state index contributed by atoms with van der Waals surface area (Å²) in [4.78, 5) is 4.81. The number of rotatable bonds is 6. The second-order valence-corrected chi connectivity index (χ2v) is 20.1. The Morgan fingerprint density at radius 3 is 1.60 bits per heavy atom. The van der Waals surface area contributed by atoms with Crippen molar-refractivity contribution in [3.63, 3.8) is 0 Å². The Labute approximate surface area is 323 Å². The minimum absolute atomic E-state index is 0.156. The van der Waals surface area contributed by atoms with E-state index in [2.05, 4.69) is 170 Å². The summed E-state index contributed by atoms with van der Waals surface area (Å²) in [6.45, 7) is 24.0. The third-order valence-electron chi connectivity index (χ3n) is 9.72. The van der Waals surface area contributed by atoms with Gasteiger partial charge >= 0.3 is 185 Å². The van der Waals surface area contributed by atoms with Gasteiger partial charge in [-0.2, -0.15) is 6.67 Å². The van der Waals surface area contributed by atoms with Gasteiger partial charge in [-0.1, -0.05) is 35.4 Å². The Hall–Kier alpha value is -3.69. The number of fused-ring (bicyclic) bond motifs is 2. The van der Waals surface area contributed by atoms with Crippen molar-refractivity contribution in [3.8, 4) is 16.9 Å². The van der Waals surface area contributed by atoms with Gasteiger partial charge in [-0.3, -0.25) is 0 Å². The first-order valence-corrected chi connectivity index (χ1v) is 23.4. The zero-order chi connectivity index (χ0) is 37.3. The summed E-state index contributed by atoms with van der Waals surface area (Å²) < 4.78 is 7.08. The van der Waals surface area contributed by atoms with Crippen LogP contribution in [0.5, 0.6) is 5.75 Å². The average Bonchev–Trinajstić information content (AvgIpc) is 3.53. The molecule has 6 heteroatoms. The summed E-state index contributed by atoms with van der Waals surface area (Å²) in [5, 5.41) is 4.84. The number of aryl methyl sites for hydroxylation is 7. The number of hydrogen-bond donors (Lipinski definition) is 0. The van der Waals surface area contributed by atoms with E-state index in [1.165, 1.54) is 83.0 Å². The van der Waals surface area contributed by atoms with Crippen molar-refractivity contribution in [3.05, 3.63) is 142 Å². The fourth-order valence-corrected chi connectivity index (χ4v) is 9.75. The van der Waals surface area contributed by atoms with Gasteiger partial charge in [-0.05, 0) is 63.8 Å². The van der Waals surface area contributed by atoms with E-state index in [1.807, 2.05) is 4.61 Å². The molecule has 1 N–H and O–H groups in total. The molecule has 0 aliphatic carbocycles. The van der Waals surface area contributed by atoms with Gasteiger partial charge in [0.05, 0.1) is 0 Å². The molecule has 1 fully saturated rings.